The van der Waals surface area contributed by atoms with Gasteiger partial charge in [-0.15, -0.1) is 11.3 Å². The maximum absolute atomic E-state index is 13.6. The molecule has 0 amide bonds. The minimum atomic E-state index is -0.251. The van der Waals surface area contributed by atoms with E-state index in [1.807, 2.05) is 24.5 Å². The lowest BCUT2D eigenvalue weighted by Crippen LogP contribution is -2.11. The summed E-state index contributed by atoms with van der Waals surface area (Å²) < 4.78 is 13.6. The number of imidazole rings is 1. The van der Waals surface area contributed by atoms with Crippen LogP contribution in [0.3, 0.4) is 0 Å². The van der Waals surface area contributed by atoms with E-state index in [1.54, 1.807) is 12.3 Å². The molecule has 0 fully saturated rings. The molecule has 0 spiro atoms. The molecule has 9 heteroatoms. The van der Waals surface area contributed by atoms with E-state index in [9.17, 15) is 4.39 Å². The van der Waals surface area contributed by atoms with E-state index in [2.05, 4.69) is 55.6 Å². The SMILES string of the molecule is CCNCc1cncc(-c2ccc3[nH]nc(-c4nc5c(-c6ccc(F)s6)nccc5[nH]4)c3c2)c1. The van der Waals surface area contributed by atoms with Gasteiger partial charge in [0.05, 0.1) is 15.9 Å². The predicted molar refractivity (Wildman–Crippen MR) is 133 cm³/mol. The van der Waals surface area contributed by atoms with E-state index >= 15 is 0 Å². The first-order valence-electron chi connectivity index (χ1n) is 10.9. The Morgan fingerprint density at radius 1 is 1.00 bits per heavy atom. The van der Waals surface area contributed by atoms with Crippen molar-refractivity contribution in [3.8, 4) is 33.2 Å². The first-order valence-corrected chi connectivity index (χ1v) is 11.7. The van der Waals surface area contributed by atoms with Crippen LogP contribution in [0.1, 0.15) is 12.5 Å². The Balaban J connectivity index is 1.44. The molecule has 168 valence electrons. The molecular formula is C25H20FN7S. The number of thiophene rings is 1. The summed E-state index contributed by atoms with van der Waals surface area (Å²) in [4.78, 5) is 17.8. The lowest BCUT2D eigenvalue weighted by atomic mass is 10.0. The number of H-pyrrole nitrogens is 2. The van der Waals surface area contributed by atoms with E-state index in [-0.39, 0.29) is 5.13 Å². The zero-order chi connectivity index (χ0) is 23.1. The van der Waals surface area contributed by atoms with Crippen LogP contribution in [-0.2, 0) is 6.54 Å². The van der Waals surface area contributed by atoms with Crippen molar-refractivity contribution in [1.29, 1.82) is 0 Å². The number of aromatic amines is 2. The molecule has 0 aliphatic carbocycles. The van der Waals surface area contributed by atoms with Crippen LogP contribution in [0, 0.1) is 5.13 Å². The number of rotatable bonds is 6. The van der Waals surface area contributed by atoms with Gasteiger partial charge in [0, 0.05) is 36.1 Å². The summed E-state index contributed by atoms with van der Waals surface area (Å²) in [5, 5.41) is 11.7. The summed E-state index contributed by atoms with van der Waals surface area (Å²) in [6, 6.07) is 13.4. The second-order valence-electron chi connectivity index (χ2n) is 7.94. The molecule has 0 atom stereocenters. The summed E-state index contributed by atoms with van der Waals surface area (Å²) in [6.45, 7) is 3.77. The maximum Gasteiger partial charge on any atom is 0.177 e. The highest BCUT2D eigenvalue weighted by Crippen LogP contribution is 2.34. The Kier molecular flexibility index (Phi) is 5.12. The summed E-state index contributed by atoms with van der Waals surface area (Å²) in [5.41, 5.74) is 7.01. The highest BCUT2D eigenvalue weighted by atomic mass is 32.1. The Morgan fingerprint density at radius 2 is 1.94 bits per heavy atom. The number of benzene rings is 1. The monoisotopic (exact) mass is 469 g/mol. The lowest BCUT2D eigenvalue weighted by molar-refractivity contribution is 0.657. The molecular weight excluding hydrogens is 449 g/mol. The smallest absolute Gasteiger partial charge is 0.177 e. The van der Waals surface area contributed by atoms with Gasteiger partial charge in [-0.2, -0.15) is 9.49 Å². The fourth-order valence-electron chi connectivity index (χ4n) is 4.05. The Bertz CT molecular complexity index is 1630. The van der Waals surface area contributed by atoms with Crippen LogP contribution in [0.25, 0.3) is 55.2 Å². The normalized spacial score (nSPS) is 11.6. The predicted octanol–water partition coefficient (Wildman–Crippen LogP) is 5.54. The fraction of sp³-hybridized carbons (Fsp3) is 0.120. The third-order valence-corrected chi connectivity index (χ3v) is 6.58. The van der Waals surface area contributed by atoms with Crippen LogP contribution in [-0.4, -0.2) is 36.7 Å². The summed E-state index contributed by atoms with van der Waals surface area (Å²) in [6.07, 6.45) is 5.45. The second-order valence-corrected chi connectivity index (χ2v) is 8.97. The van der Waals surface area contributed by atoms with E-state index in [0.717, 1.165) is 62.4 Å². The van der Waals surface area contributed by atoms with Crippen molar-refractivity contribution >= 4 is 33.3 Å². The van der Waals surface area contributed by atoms with Crippen LogP contribution >= 0.6 is 11.3 Å². The average Bonchev–Trinajstić information content (AvgIpc) is 3.59. The number of fused-ring (bicyclic) bond motifs is 2. The van der Waals surface area contributed by atoms with Gasteiger partial charge in [0.15, 0.2) is 11.0 Å². The molecule has 5 heterocycles. The van der Waals surface area contributed by atoms with Gasteiger partial charge in [0.1, 0.15) is 16.9 Å². The van der Waals surface area contributed by atoms with Gasteiger partial charge in [-0.25, -0.2) is 4.98 Å². The number of nitrogens with zero attached hydrogens (tertiary/aromatic N) is 4. The van der Waals surface area contributed by atoms with Crippen molar-refractivity contribution in [1.82, 2.24) is 35.5 Å². The lowest BCUT2D eigenvalue weighted by Gasteiger charge is -2.06. The number of halogens is 1. The van der Waals surface area contributed by atoms with Crippen molar-refractivity contribution in [3.05, 3.63) is 71.7 Å². The number of aromatic nitrogens is 6. The van der Waals surface area contributed by atoms with Crippen LogP contribution in [0.2, 0.25) is 0 Å². The zero-order valence-electron chi connectivity index (χ0n) is 18.3. The Morgan fingerprint density at radius 3 is 2.79 bits per heavy atom. The van der Waals surface area contributed by atoms with Crippen molar-refractivity contribution in [2.75, 3.05) is 6.54 Å². The van der Waals surface area contributed by atoms with Gasteiger partial charge in [-0.1, -0.05) is 13.0 Å². The van der Waals surface area contributed by atoms with Crippen LogP contribution in [0.15, 0.2) is 61.1 Å². The molecule has 3 N–H and O–H groups in total. The van der Waals surface area contributed by atoms with Crippen LogP contribution in [0.5, 0.6) is 0 Å². The molecule has 1 aromatic carbocycles. The summed E-state index contributed by atoms with van der Waals surface area (Å²) >= 11 is 1.06. The van der Waals surface area contributed by atoms with E-state index < -0.39 is 0 Å². The summed E-state index contributed by atoms with van der Waals surface area (Å²) in [7, 11) is 0. The molecule has 0 saturated heterocycles. The van der Waals surface area contributed by atoms with Gasteiger partial charge in [-0.3, -0.25) is 15.1 Å². The fourth-order valence-corrected chi connectivity index (χ4v) is 4.78. The third kappa shape index (κ3) is 3.64. The van der Waals surface area contributed by atoms with Gasteiger partial charge in [0.25, 0.3) is 0 Å². The molecule has 34 heavy (non-hydrogen) atoms. The van der Waals surface area contributed by atoms with Crippen LogP contribution < -0.4 is 5.32 Å². The van der Waals surface area contributed by atoms with Crippen molar-refractivity contribution in [3.63, 3.8) is 0 Å². The minimum absolute atomic E-state index is 0.251. The first-order chi connectivity index (χ1) is 16.7. The van der Waals surface area contributed by atoms with Gasteiger partial charge >= 0.3 is 0 Å². The zero-order valence-corrected chi connectivity index (χ0v) is 19.1. The molecule has 6 rings (SSSR count). The van der Waals surface area contributed by atoms with Crippen LogP contribution in [0.4, 0.5) is 4.39 Å². The largest absolute Gasteiger partial charge is 0.336 e. The van der Waals surface area contributed by atoms with Gasteiger partial charge < -0.3 is 10.3 Å². The molecule has 0 radical (unpaired) electrons. The van der Waals surface area contributed by atoms with E-state index in [0.29, 0.717) is 22.7 Å². The Hall–Kier alpha value is -3.95. The average molecular weight is 470 g/mol. The molecule has 0 bridgehead atoms. The van der Waals surface area contributed by atoms with Crippen molar-refractivity contribution < 1.29 is 4.39 Å². The third-order valence-electron chi connectivity index (χ3n) is 5.70. The number of hydrogen-bond donors (Lipinski definition) is 3. The van der Waals surface area contributed by atoms with E-state index in [4.69, 9.17) is 4.98 Å². The Labute approximate surface area is 198 Å². The topological polar surface area (TPSA) is 95.2 Å². The minimum Gasteiger partial charge on any atom is -0.336 e. The highest BCUT2D eigenvalue weighted by molar-refractivity contribution is 7.13. The quantitative estimate of drug-likeness (QED) is 0.298. The second kappa shape index (κ2) is 8.44. The van der Waals surface area contributed by atoms with Gasteiger partial charge in [-0.05, 0) is 54.1 Å². The molecule has 0 aliphatic heterocycles. The standard InChI is InChI=1S/C25H20FN7S/c1-2-27-11-14-9-16(13-28-12-14)15-3-4-18-17(10-15)22(33-32-18)25-30-19-7-8-29-24(23(19)31-25)20-5-6-21(26)34-20/h3-10,12-13,27H,2,11H2,1H3,(H,30,31)(H,32,33). The van der Waals surface area contributed by atoms with Crippen molar-refractivity contribution in [2.45, 2.75) is 13.5 Å². The van der Waals surface area contributed by atoms with Crippen molar-refractivity contribution in [2.24, 2.45) is 0 Å². The molecule has 5 aromatic heterocycles. The molecule has 0 saturated carbocycles. The van der Waals surface area contributed by atoms with Gasteiger partial charge in [0.2, 0.25) is 0 Å². The molecule has 0 unspecified atom stereocenters. The highest BCUT2D eigenvalue weighted by Gasteiger charge is 2.17. The number of hydrogen-bond acceptors (Lipinski definition) is 6. The molecule has 6 aromatic rings. The molecule has 7 nitrogen and oxygen atoms in total. The molecule has 0 aliphatic rings. The summed E-state index contributed by atoms with van der Waals surface area (Å²) in [5.74, 6) is 0.628. The van der Waals surface area contributed by atoms with E-state index in [1.165, 1.54) is 6.07 Å². The first kappa shape index (κ1) is 20.6. The maximum atomic E-state index is 13.6. The number of nitrogens with one attached hydrogen (secondary N) is 3. The number of pyridine rings is 2.